The van der Waals surface area contributed by atoms with Crippen molar-refractivity contribution in [2.75, 3.05) is 36.4 Å². The number of piperazine rings is 1. The first-order chi connectivity index (χ1) is 13.5. The van der Waals surface area contributed by atoms with Gasteiger partial charge in [-0.15, -0.1) is 0 Å². The Morgan fingerprint density at radius 1 is 1.18 bits per heavy atom. The van der Waals surface area contributed by atoms with E-state index in [-0.39, 0.29) is 17.7 Å². The predicted octanol–water partition coefficient (Wildman–Crippen LogP) is 3.34. The molecule has 2 heterocycles. The summed E-state index contributed by atoms with van der Waals surface area (Å²) < 4.78 is 0. The summed E-state index contributed by atoms with van der Waals surface area (Å²) in [5, 5.41) is 2.90. The number of aryl methyl sites for hydroxylation is 1. The van der Waals surface area contributed by atoms with E-state index in [0.29, 0.717) is 24.3 Å². The van der Waals surface area contributed by atoms with E-state index in [1.54, 1.807) is 18.3 Å². The van der Waals surface area contributed by atoms with Crippen LogP contribution in [0, 0.1) is 12.8 Å². The van der Waals surface area contributed by atoms with Gasteiger partial charge in [-0.1, -0.05) is 19.9 Å². The zero-order valence-electron chi connectivity index (χ0n) is 16.8. The Morgan fingerprint density at radius 2 is 1.93 bits per heavy atom. The molecule has 1 aromatic heterocycles. The van der Waals surface area contributed by atoms with Crippen molar-refractivity contribution in [2.24, 2.45) is 5.92 Å². The second-order valence-corrected chi connectivity index (χ2v) is 7.32. The second-order valence-electron chi connectivity index (χ2n) is 7.32. The van der Waals surface area contributed by atoms with E-state index in [9.17, 15) is 9.59 Å². The van der Waals surface area contributed by atoms with E-state index >= 15 is 0 Å². The van der Waals surface area contributed by atoms with Crippen molar-refractivity contribution >= 4 is 23.2 Å². The Balaban J connectivity index is 1.63. The van der Waals surface area contributed by atoms with Crippen LogP contribution in [0.15, 0.2) is 42.7 Å². The van der Waals surface area contributed by atoms with Crippen LogP contribution in [0.5, 0.6) is 0 Å². The van der Waals surface area contributed by atoms with Gasteiger partial charge in [-0.05, 0) is 43.2 Å². The zero-order valence-corrected chi connectivity index (χ0v) is 16.8. The Bertz CT molecular complexity index is 844. The number of rotatable bonds is 5. The number of pyridine rings is 1. The monoisotopic (exact) mass is 380 g/mol. The van der Waals surface area contributed by atoms with Gasteiger partial charge >= 0.3 is 0 Å². The Morgan fingerprint density at radius 3 is 2.61 bits per heavy atom. The van der Waals surface area contributed by atoms with Crippen LogP contribution in [-0.2, 0) is 4.79 Å². The third-order valence-corrected chi connectivity index (χ3v) is 5.34. The largest absolute Gasteiger partial charge is 0.368 e. The summed E-state index contributed by atoms with van der Waals surface area (Å²) in [6.07, 6.45) is 4.46. The van der Waals surface area contributed by atoms with E-state index in [2.05, 4.69) is 22.1 Å². The van der Waals surface area contributed by atoms with Crippen molar-refractivity contribution in [3.8, 4) is 0 Å². The van der Waals surface area contributed by atoms with Crippen LogP contribution >= 0.6 is 0 Å². The first-order valence-corrected chi connectivity index (χ1v) is 9.85. The van der Waals surface area contributed by atoms with Crippen molar-refractivity contribution in [3.05, 3.63) is 53.9 Å². The number of amides is 2. The van der Waals surface area contributed by atoms with E-state index in [0.717, 1.165) is 25.1 Å². The molecular formula is C22H28N4O2. The van der Waals surface area contributed by atoms with Crippen LogP contribution < -0.4 is 10.2 Å². The summed E-state index contributed by atoms with van der Waals surface area (Å²) in [4.78, 5) is 33.3. The molecular weight excluding hydrogens is 352 g/mol. The highest BCUT2D eigenvalue weighted by Gasteiger charge is 2.23. The molecule has 2 amide bonds. The molecule has 148 valence electrons. The summed E-state index contributed by atoms with van der Waals surface area (Å²) in [6, 6.07) is 9.23. The number of aromatic nitrogens is 1. The van der Waals surface area contributed by atoms with Gasteiger partial charge in [-0.25, -0.2) is 0 Å². The molecule has 28 heavy (non-hydrogen) atoms. The highest BCUT2D eigenvalue weighted by Crippen LogP contribution is 2.21. The lowest BCUT2D eigenvalue weighted by Crippen LogP contribution is -2.49. The molecule has 3 rings (SSSR count). The second kappa shape index (κ2) is 8.87. The minimum atomic E-state index is -0.0518. The molecule has 1 unspecified atom stereocenters. The number of nitrogens with zero attached hydrogens (tertiary/aromatic N) is 3. The summed E-state index contributed by atoms with van der Waals surface area (Å²) in [5.74, 6) is -0.0664. The maximum Gasteiger partial charge on any atom is 0.254 e. The van der Waals surface area contributed by atoms with E-state index in [1.807, 2.05) is 43.1 Å². The highest BCUT2D eigenvalue weighted by molar-refractivity contribution is 5.97. The summed E-state index contributed by atoms with van der Waals surface area (Å²) in [6.45, 7) is 8.86. The molecule has 2 aromatic rings. The first-order valence-electron chi connectivity index (χ1n) is 9.85. The fourth-order valence-corrected chi connectivity index (χ4v) is 3.33. The average molecular weight is 380 g/mol. The molecule has 1 aliphatic rings. The SMILES string of the molecule is CCC(C)C(=O)Nc1cccc(C(=O)N2CCN(c3ccncc3C)CC2)c1. The van der Waals surface area contributed by atoms with Crippen molar-refractivity contribution in [3.63, 3.8) is 0 Å². The molecule has 0 spiro atoms. The van der Waals surface area contributed by atoms with Crippen molar-refractivity contribution in [2.45, 2.75) is 27.2 Å². The molecule has 0 saturated carbocycles. The smallest absolute Gasteiger partial charge is 0.254 e. The normalized spacial score (nSPS) is 15.2. The molecule has 0 bridgehead atoms. The van der Waals surface area contributed by atoms with E-state index in [1.165, 1.54) is 5.69 Å². The highest BCUT2D eigenvalue weighted by atomic mass is 16.2. The lowest BCUT2D eigenvalue weighted by Gasteiger charge is -2.36. The molecule has 6 nitrogen and oxygen atoms in total. The fourth-order valence-electron chi connectivity index (χ4n) is 3.33. The Labute approximate surface area is 166 Å². The van der Waals surface area contributed by atoms with Gasteiger partial charge in [0.1, 0.15) is 0 Å². The number of nitrogens with one attached hydrogen (secondary N) is 1. The molecule has 1 aliphatic heterocycles. The van der Waals surface area contributed by atoms with Crippen molar-refractivity contribution in [1.82, 2.24) is 9.88 Å². The van der Waals surface area contributed by atoms with Crippen LogP contribution in [-0.4, -0.2) is 47.9 Å². The molecule has 1 N–H and O–H groups in total. The van der Waals surface area contributed by atoms with Crippen LogP contribution in [0.25, 0.3) is 0 Å². The molecule has 0 aliphatic carbocycles. The number of hydrogen-bond acceptors (Lipinski definition) is 4. The van der Waals surface area contributed by atoms with Crippen LogP contribution in [0.4, 0.5) is 11.4 Å². The van der Waals surface area contributed by atoms with Crippen LogP contribution in [0.3, 0.4) is 0 Å². The number of anilines is 2. The maximum absolute atomic E-state index is 12.9. The average Bonchev–Trinajstić information content (AvgIpc) is 2.73. The molecule has 1 atom stereocenters. The molecule has 1 aromatic carbocycles. The molecule has 1 fully saturated rings. The quantitative estimate of drug-likeness (QED) is 0.864. The van der Waals surface area contributed by atoms with Gasteiger partial charge in [0.25, 0.3) is 5.91 Å². The zero-order chi connectivity index (χ0) is 20.1. The Kier molecular flexibility index (Phi) is 6.29. The fraction of sp³-hybridized carbons (Fsp3) is 0.409. The standard InChI is InChI=1S/C22H28N4O2/c1-4-16(2)21(27)24-19-7-5-6-18(14-19)22(28)26-12-10-25(11-13-26)20-8-9-23-15-17(20)3/h5-9,14-16H,4,10-13H2,1-3H3,(H,24,27). The van der Waals surface area contributed by atoms with Gasteiger partial charge in [-0.3, -0.25) is 14.6 Å². The van der Waals surface area contributed by atoms with E-state index < -0.39 is 0 Å². The Hall–Kier alpha value is -2.89. The first kappa shape index (κ1) is 19.9. The third kappa shape index (κ3) is 4.50. The molecule has 0 radical (unpaired) electrons. The summed E-state index contributed by atoms with van der Waals surface area (Å²) >= 11 is 0. The number of hydrogen-bond donors (Lipinski definition) is 1. The van der Waals surface area contributed by atoms with Crippen LogP contribution in [0.2, 0.25) is 0 Å². The summed E-state index contributed by atoms with van der Waals surface area (Å²) in [7, 11) is 0. The predicted molar refractivity (Wildman–Crippen MR) is 112 cm³/mol. The topological polar surface area (TPSA) is 65.5 Å². The minimum Gasteiger partial charge on any atom is -0.368 e. The summed E-state index contributed by atoms with van der Waals surface area (Å²) in [5.41, 5.74) is 3.60. The van der Waals surface area contributed by atoms with Crippen LogP contribution in [0.1, 0.15) is 36.2 Å². The van der Waals surface area contributed by atoms with Gasteiger partial charge in [0.15, 0.2) is 0 Å². The maximum atomic E-state index is 12.9. The van der Waals surface area contributed by atoms with Gasteiger partial charge in [0.05, 0.1) is 0 Å². The number of carbonyl (C=O) groups is 2. The van der Waals surface area contributed by atoms with E-state index in [4.69, 9.17) is 0 Å². The van der Waals surface area contributed by atoms with Crippen molar-refractivity contribution in [1.29, 1.82) is 0 Å². The minimum absolute atomic E-state index is 0.00531. The van der Waals surface area contributed by atoms with Gasteiger partial charge in [0, 0.05) is 61.4 Å². The van der Waals surface area contributed by atoms with Gasteiger partial charge < -0.3 is 15.1 Å². The number of carbonyl (C=O) groups excluding carboxylic acids is 2. The van der Waals surface area contributed by atoms with Gasteiger partial charge in [-0.2, -0.15) is 0 Å². The van der Waals surface area contributed by atoms with Gasteiger partial charge in [0.2, 0.25) is 5.91 Å². The number of benzene rings is 1. The lowest BCUT2D eigenvalue weighted by molar-refractivity contribution is -0.119. The third-order valence-electron chi connectivity index (χ3n) is 5.34. The molecule has 6 heteroatoms. The lowest BCUT2D eigenvalue weighted by atomic mass is 10.1. The van der Waals surface area contributed by atoms with Crippen molar-refractivity contribution < 1.29 is 9.59 Å². The molecule has 1 saturated heterocycles.